The standard InChI is InChI=1S/C19H26N4O3S/c1-15-9-12-23(13-10-15)27(25,26)19-17(14-22(2)21-19)18(24)20-11-8-16-6-4-3-5-7-16/h3-7,14-15H,8-13H2,1-2H3,(H,20,24). The summed E-state index contributed by atoms with van der Waals surface area (Å²) in [6.07, 6.45) is 3.80. The third-order valence-corrected chi connectivity index (χ3v) is 6.74. The van der Waals surface area contributed by atoms with Crippen molar-refractivity contribution in [1.29, 1.82) is 0 Å². The minimum absolute atomic E-state index is 0.101. The van der Waals surface area contributed by atoms with Crippen molar-refractivity contribution < 1.29 is 13.2 Å². The molecule has 1 aliphatic heterocycles. The van der Waals surface area contributed by atoms with Crippen LogP contribution in [0.3, 0.4) is 0 Å². The fraction of sp³-hybridized carbons (Fsp3) is 0.474. The molecule has 8 heteroatoms. The first-order valence-corrected chi connectivity index (χ1v) is 10.7. The molecule has 0 radical (unpaired) electrons. The lowest BCUT2D eigenvalue weighted by Gasteiger charge is -2.28. The summed E-state index contributed by atoms with van der Waals surface area (Å²) < 4.78 is 28.8. The third-order valence-electron chi connectivity index (χ3n) is 4.91. The molecule has 146 valence electrons. The van der Waals surface area contributed by atoms with Gasteiger partial charge in [-0.3, -0.25) is 9.48 Å². The summed E-state index contributed by atoms with van der Waals surface area (Å²) in [6, 6.07) is 9.81. The van der Waals surface area contributed by atoms with Crippen molar-refractivity contribution in [3.05, 3.63) is 47.7 Å². The van der Waals surface area contributed by atoms with Crippen LogP contribution in [0.5, 0.6) is 0 Å². The van der Waals surface area contributed by atoms with Gasteiger partial charge in [0.1, 0.15) is 0 Å². The summed E-state index contributed by atoms with van der Waals surface area (Å²) in [5, 5.41) is 6.74. The molecular formula is C19H26N4O3S. The molecule has 1 aromatic heterocycles. The Labute approximate surface area is 160 Å². The van der Waals surface area contributed by atoms with Gasteiger partial charge >= 0.3 is 0 Å². The van der Waals surface area contributed by atoms with E-state index < -0.39 is 15.9 Å². The van der Waals surface area contributed by atoms with Crippen molar-refractivity contribution in [2.24, 2.45) is 13.0 Å². The van der Waals surface area contributed by atoms with Crippen molar-refractivity contribution in [3.63, 3.8) is 0 Å². The van der Waals surface area contributed by atoms with E-state index in [-0.39, 0.29) is 10.6 Å². The average Bonchev–Trinajstić information content (AvgIpc) is 3.06. The van der Waals surface area contributed by atoms with Crippen LogP contribution in [-0.4, -0.2) is 48.0 Å². The van der Waals surface area contributed by atoms with E-state index in [1.807, 2.05) is 30.3 Å². The van der Waals surface area contributed by atoms with E-state index in [9.17, 15) is 13.2 Å². The highest BCUT2D eigenvalue weighted by molar-refractivity contribution is 7.89. The smallest absolute Gasteiger partial charge is 0.263 e. The lowest BCUT2D eigenvalue weighted by molar-refractivity contribution is 0.0950. The number of carbonyl (C=O) groups is 1. The van der Waals surface area contributed by atoms with Gasteiger partial charge in [-0.1, -0.05) is 37.3 Å². The summed E-state index contributed by atoms with van der Waals surface area (Å²) in [5.41, 5.74) is 1.21. The van der Waals surface area contributed by atoms with Crippen LogP contribution >= 0.6 is 0 Å². The highest BCUT2D eigenvalue weighted by atomic mass is 32.2. The maximum absolute atomic E-state index is 13.0. The first kappa shape index (κ1) is 19.6. The molecule has 0 saturated carbocycles. The number of hydrogen-bond donors (Lipinski definition) is 1. The Hall–Kier alpha value is -2.19. The SMILES string of the molecule is CC1CCN(S(=O)(=O)c2nn(C)cc2C(=O)NCCc2ccccc2)CC1. The van der Waals surface area contributed by atoms with Gasteiger partial charge in [0.15, 0.2) is 0 Å². The molecule has 1 N–H and O–H groups in total. The average molecular weight is 391 g/mol. The van der Waals surface area contributed by atoms with Crippen LogP contribution in [0.2, 0.25) is 0 Å². The number of amides is 1. The first-order chi connectivity index (χ1) is 12.9. The zero-order chi connectivity index (χ0) is 19.4. The van der Waals surface area contributed by atoms with Crippen molar-refractivity contribution >= 4 is 15.9 Å². The predicted molar refractivity (Wildman–Crippen MR) is 103 cm³/mol. The Morgan fingerprint density at radius 1 is 1.22 bits per heavy atom. The second kappa shape index (κ2) is 8.22. The second-order valence-corrected chi connectivity index (χ2v) is 8.95. The van der Waals surface area contributed by atoms with Gasteiger partial charge in [0.2, 0.25) is 5.03 Å². The van der Waals surface area contributed by atoms with Crippen LogP contribution in [-0.2, 0) is 23.5 Å². The molecule has 7 nitrogen and oxygen atoms in total. The highest BCUT2D eigenvalue weighted by Crippen LogP contribution is 2.24. The Kier molecular flexibility index (Phi) is 5.96. The molecule has 0 bridgehead atoms. The van der Waals surface area contributed by atoms with Crippen molar-refractivity contribution in [1.82, 2.24) is 19.4 Å². The molecule has 1 fully saturated rings. The summed E-state index contributed by atoms with van der Waals surface area (Å²) >= 11 is 0. The Morgan fingerprint density at radius 2 is 1.89 bits per heavy atom. The maximum Gasteiger partial charge on any atom is 0.263 e. The monoisotopic (exact) mass is 390 g/mol. The third kappa shape index (κ3) is 4.56. The lowest BCUT2D eigenvalue weighted by atomic mass is 10.0. The fourth-order valence-electron chi connectivity index (χ4n) is 3.22. The van der Waals surface area contributed by atoms with Gasteiger partial charge in [-0.05, 0) is 30.7 Å². The largest absolute Gasteiger partial charge is 0.352 e. The zero-order valence-electron chi connectivity index (χ0n) is 15.8. The molecule has 1 aliphatic rings. The van der Waals surface area contributed by atoms with E-state index in [0.29, 0.717) is 32.0 Å². The molecule has 27 heavy (non-hydrogen) atoms. The van der Waals surface area contributed by atoms with Crippen molar-refractivity contribution in [3.8, 4) is 0 Å². The number of hydrogen-bond acceptors (Lipinski definition) is 4. The van der Waals surface area contributed by atoms with Gasteiger partial charge in [-0.25, -0.2) is 8.42 Å². The topological polar surface area (TPSA) is 84.3 Å². The Morgan fingerprint density at radius 3 is 2.56 bits per heavy atom. The van der Waals surface area contributed by atoms with E-state index in [0.717, 1.165) is 18.4 Å². The maximum atomic E-state index is 13.0. The summed E-state index contributed by atoms with van der Waals surface area (Å²) in [7, 11) is -2.15. The molecule has 0 unspecified atom stereocenters. The van der Waals surface area contributed by atoms with E-state index in [2.05, 4.69) is 17.3 Å². The van der Waals surface area contributed by atoms with Crippen LogP contribution in [0.15, 0.2) is 41.6 Å². The van der Waals surface area contributed by atoms with Gasteiger partial charge in [-0.2, -0.15) is 9.40 Å². The number of piperidine rings is 1. The van der Waals surface area contributed by atoms with Crippen LogP contribution < -0.4 is 5.32 Å². The molecule has 1 aromatic carbocycles. The first-order valence-electron chi connectivity index (χ1n) is 9.24. The molecule has 2 heterocycles. The van der Waals surface area contributed by atoms with Crippen LogP contribution in [0.4, 0.5) is 0 Å². The minimum atomic E-state index is -3.78. The Balaban J connectivity index is 1.72. The quantitative estimate of drug-likeness (QED) is 0.815. The van der Waals surface area contributed by atoms with Gasteiger partial charge in [-0.15, -0.1) is 0 Å². The normalized spacial score (nSPS) is 16.4. The number of nitrogens with one attached hydrogen (secondary N) is 1. The predicted octanol–water partition coefficient (Wildman–Crippen LogP) is 1.81. The number of carbonyl (C=O) groups excluding carboxylic acids is 1. The lowest BCUT2D eigenvalue weighted by Crippen LogP contribution is -2.39. The number of nitrogens with zero attached hydrogens (tertiary/aromatic N) is 3. The number of benzene rings is 1. The molecular weight excluding hydrogens is 364 g/mol. The molecule has 0 atom stereocenters. The zero-order valence-corrected chi connectivity index (χ0v) is 16.6. The van der Waals surface area contributed by atoms with Gasteiger partial charge in [0.25, 0.3) is 15.9 Å². The van der Waals surface area contributed by atoms with Crippen LogP contribution in [0.25, 0.3) is 0 Å². The number of sulfonamides is 1. The van der Waals surface area contributed by atoms with Crippen LogP contribution in [0, 0.1) is 5.92 Å². The van der Waals surface area contributed by atoms with Gasteiger partial charge in [0, 0.05) is 32.9 Å². The summed E-state index contributed by atoms with van der Waals surface area (Å²) in [4.78, 5) is 12.6. The number of aromatic nitrogens is 2. The Bertz CT molecular complexity index is 885. The van der Waals surface area contributed by atoms with E-state index >= 15 is 0 Å². The van der Waals surface area contributed by atoms with E-state index in [1.165, 1.54) is 15.2 Å². The number of rotatable bonds is 6. The summed E-state index contributed by atoms with van der Waals surface area (Å²) in [6.45, 7) is 3.49. The molecule has 0 aliphatic carbocycles. The van der Waals surface area contributed by atoms with E-state index in [1.54, 1.807) is 7.05 Å². The second-order valence-electron chi connectivity index (χ2n) is 7.10. The molecule has 1 saturated heterocycles. The van der Waals surface area contributed by atoms with Gasteiger partial charge in [0.05, 0.1) is 5.56 Å². The molecule has 0 spiro atoms. The van der Waals surface area contributed by atoms with Crippen molar-refractivity contribution in [2.75, 3.05) is 19.6 Å². The fourth-order valence-corrected chi connectivity index (χ4v) is 4.81. The molecule has 1 amide bonds. The van der Waals surface area contributed by atoms with Gasteiger partial charge < -0.3 is 5.32 Å². The highest BCUT2D eigenvalue weighted by Gasteiger charge is 2.34. The van der Waals surface area contributed by atoms with Crippen molar-refractivity contribution in [2.45, 2.75) is 31.2 Å². The minimum Gasteiger partial charge on any atom is -0.352 e. The molecule has 2 aromatic rings. The van der Waals surface area contributed by atoms with E-state index in [4.69, 9.17) is 0 Å². The van der Waals surface area contributed by atoms with Crippen LogP contribution in [0.1, 0.15) is 35.7 Å². The summed E-state index contributed by atoms with van der Waals surface area (Å²) in [5.74, 6) is 0.101. The molecule has 3 rings (SSSR count). The number of aryl methyl sites for hydroxylation is 1.